The fourth-order valence-corrected chi connectivity index (χ4v) is 3.15. The highest BCUT2D eigenvalue weighted by Gasteiger charge is 2.37. The summed E-state index contributed by atoms with van der Waals surface area (Å²) in [4.78, 5) is 14.7. The molecule has 1 aliphatic heterocycles. The maximum atomic E-state index is 12.9. The van der Waals surface area contributed by atoms with Crippen molar-refractivity contribution in [1.82, 2.24) is 0 Å². The van der Waals surface area contributed by atoms with E-state index in [0.717, 1.165) is 22.6 Å². The van der Waals surface area contributed by atoms with Gasteiger partial charge in [0, 0.05) is 5.56 Å². The van der Waals surface area contributed by atoms with Gasteiger partial charge in [-0.05, 0) is 63.6 Å². The van der Waals surface area contributed by atoms with Gasteiger partial charge in [0.15, 0.2) is 5.76 Å². The fraction of sp³-hybridized carbons (Fsp3) is 0.316. The molecule has 0 N–H and O–H groups in total. The van der Waals surface area contributed by atoms with Gasteiger partial charge in [-0.3, -0.25) is 9.69 Å². The molecule has 0 aliphatic carbocycles. The average molecular weight is 311 g/mol. The van der Waals surface area contributed by atoms with E-state index in [9.17, 15) is 4.79 Å². The van der Waals surface area contributed by atoms with E-state index >= 15 is 0 Å². The molecule has 120 valence electrons. The number of anilines is 1. The van der Waals surface area contributed by atoms with Crippen molar-refractivity contribution in [3.05, 3.63) is 54.0 Å². The lowest BCUT2D eigenvalue weighted by Gasteiger charge is -2.41. The topological polar surface area (TPSA) is 42.7 Å². The first-order chi connectivity index (χ1) is 10.9. The van der Waals surface area contributed by atoms with Gasteiger partial charge < -0.3 is 9.15 Å². The van der Waals surface area contributed by atoms with E-state index < -0.39 is 5.54 Å². The van der Waals surface area contributed by atoms with Gasteiger partial charge >= 0.3 is 0 Å². The van der Waals surface area contributed by atoms with Crippen LogP contribution >= 0.6 is 0 Å². The minimum absolute atomic E-state index is 0.144. The third-order valence-corrected chi connectivity index (χ3v) is 4.03. The quantitative estimate of drug-likeness (QED) is 0.837. The monoisotopic (exact) mass is 311 g/mol. The van der Waals surface area contributed by atoms with E-state index in [1.807, 2.05) is 39.0 Å². The molecule has 2 heterocycles. The van der Waals surface area contributed by atoms with Crippen molar-refractivity contribution in [3.8, 4) is 5.75 Å². The summed E-state index contributed by atoms with van der Waals surface area (Å²) >= 11 is 0. The number of furan rings is 1. The standard InChI is InChI=1S/C19H21NO3/c1-5-22-14-8-9-16-15(11-14)13(2)12-19(3,4)20(16)18(21)17-7-6-10-23-17/h6-12H,5H2,1-4H3. The van der Waals surface area contributed by atoms with Gasteiger partial charge in [0.2, 0.25) is 0 Å². The third kappa shape index (κ3) is 2.65. The van der Waals surface area contributed by atoms with Crippen LogP contribution in [0.3, 0.4) is 0 Å². The Morgan fingerprint density at radius 3 is 2.74 bits per heavy atom. The lowest BCUT2D eigenvalue weighted by molar-refractivity contribution is 0.0943. The van der Waals surface area contributed by atoms with Crippen LogP contribution in [0.15, 0.2) is 47.1 Å². The number of ether oxygens (including phenoxy) is 1. The molecular formula is C19H21NO3. The molecule has 1 aliphatic rings. The Balaban J connectivity index is 2.12. The van der Waals surface area contributed by atoms with E-state index in [1.165, 1.54) is 6.26 Å². The molecule has 1 aromatic heterocycles. The van der Waals surface area contributed by atoms with E-state index in [1.54, 1.807) is 17.0 Å². The number of allylic oxidation sites excluding steroid dienone is 1. The van der Waals surface area contributed by atoms with Gasteiger partial charge in [-0.15, -0.1) is 0 Å². The molecule has 0 saturated heterocycles. The van der Waals surface area contributed by atoms with Gasteiger partial charge in [0.05, 0.1) is 24.1 Å². The van der Waals surface area contributed by atoms with Crippen molar-refractivity contribution in [1.29, 1.82) is 0 Å². The Hall–Kier alpha value is -2.49. The van der Waals surface area contributed by atoms with Crippen LogP contribution < -0.4 is 9.64 Å². The molecule has 0 atom stereocenters. The highest BCUT2D eigenvalue weighted by atomic mass is 16.5. The number of carbonyl (C=O) groups is 1. The third-order valence-electron chi connectivity index (χ3n) is 4.03. The van der Waals surface area contributed by atoms with Crippen LogP contribution in [-0.4, -0.2) is 18.1 Å². The van der Waals surface area contributed by atoms with Crippen molar-refractivity contribution in [2.45, 2.75) is 33.2 Å². The van der Waals surface area contributed by atoms with Crippen molar-refractivity contribution >= 4 is 17.2 Å². The second-order valence-electron chi connectivity index (χ2n) is 6.21. The lowest BCUT2D eigenvalue weighted by atomic mass is 9.88. The first-order valence-electron chi connectivity index (χ1n) is 7.79. The summed E-state index contributed by atoms with van der Waals surface area (Å²) in [6.45, 7) is 8.68. The number of hydrogen-bond acceptors (Lipinski definition) is 3. The summed E-state index contributed by atoms with van der Waals surface area (Å²) in [7, 11) is 0. The van der Waals surface area contributed by atoms with Crippen LogP contribution in [0.25, 0.3) is 5.57 Å². The van der Waals surface area contributed by atoms with E-state index in [2.05, 4.69) is 13.0 Å². The zero-order valence-electron chi connectivity index (χ0n) is 13.9. The minimum atomic E-state index is -0.436. The van der Waals surface area contributed by atoms with Crippen LogP contribution in [0.5, 0.6) is 5.75 Å². The number of amides is 1. The molecule has 4 nitrogen and oxygen atoms in total. The summed E-state index contributed by atoms with van der Waals surface area (Å²) in [5.41, 5.74) is 2.58. The summed E-state index contributed by atoms with van der Waals surface area (Å²) < 4.78 is 10.9. The zero-order chi connectivity index (χ0) is 16.6. The maximum absolute atomic E-state index is 12.9. The molecule has 0 fully saturated rings. The molecule has 1 amide bonds. The summed E-state index contributed by atoms with van der Waals surface area (Å²) in [5, 5.41) is 0. The second kappa shape index (κ2) is 5.61. The molecular weight excluding hydrogens is 290 g/mol. The number of benzene rings is 1. The summed E-state index contributed by atoms with van der Waals surface area (Å²) in [6, 6.07) is 9.25. The number of fused-ring (bicyclic) bond motifs is 1. The molecule has 0 bridgehead atoms. The Bertz CT molecular complexity index is 757. The van der Waals surface area contributed by atoms with Crippen molar-refractivity contribution in [2.75, 3.05) is 11.5 Å². The normalized spacial score (nSPS) is 15.8. The van der Waals surface area contributed by atoms with E-state index in [4.69, 9.17) is 9.15 Å². The number of rotatable bonds is 3. The van der Waals surface area contributed by atoms with Gasteiger partial charge in [0.1, 0.15) is 5.75 Å². The molecule has 2 aromatic rings. The van der Waals surface area contributed by atoms with Crippen LogP contribution in [0, 0.1) is 0 Å². The molecule has 3 rings (SSSR count). The zero-order valence-corrected chi connectivity index (χ0v) is 13.9. The summed E-state index contributed by atoms with van der Waals surface area (Å²) in [5.74, 6) is 1.00. The highest BCUT2D eigenvalue weighted by Crippen LogP contribution is 2.41. The molecule has 0 spiro atoms. The molecule has 1 aromatic carbocycles. The SMILES string of the molecule is CCOc1ccc2c(c1)C(C)=CC(C)(C)N2C(=O)c1ccco1. The minimum Gasteiger partial charge on any atom is -0.494 e. The molecule has 23 heavy (non-hydrogen) atoms. The Morgan fingerprint density at radius 1 is 1.30 bits per heavy atom. The maximum Gasteiger partial charge on any atom is 0.294 e. The van der Waals surface area contributed by atoms with E-state index in [0.29, 0.717) is 12.4 Å². The largest absolute Gasteiger partial charge is 0.494 e. The van der Waals surface area contributed by atoms with Gasteiger partial charge in [-0.25, -0.2) is 0 Å². The van der Waals surface area contributed by atoms with Crippen LogP contribution in [0.1, 0.15) is 43.8 Å². The number of hydrogen-bond donors (Lipinski definition) is 0. The van der Waals surface area contributed by atoms with Crippen molar-refractivity contribution in [3.63, 3.8) is 0 Å². The lowest BCUT2D eigenvalue weighted by Crippen LogP contribution is -2.48. The highest BCUT2D eigenvalue weighted by molar-refractivity contribution is 6.08. The Labute approximate surface area is 136 Å². The second-order valence-corrected chi connectivity index (χ2v) is 6.21. The first-order valence-corrected chi connectivity index (χ1v) is 7.79. The molecule has 0 radical (unpaired) electrons. The molecule has 0 saturated carbocycles. The van der Waals surface area contributed by atoms with Gasteiger partial charge in [-0.1, -0.05) is 6.08 Å². The van der Waals surface area contributed by atoms with Crippen LogP contribution in [0.2, 0.25) is 0 Å². The predicted octanol–water partition coefficient (Wildman–Crippen LogP) is 4.52. The van der Waals surface area contributed by atoms with Crippen LogP contribution in [-0.2, 0) is 0 Å². The number of carbonyl (C=O) groups excluding carboxylic acids is 1. The Morgan fingerprint density at radius 2 is 2.09 bits per heavy atom. The average Bonchev–Trinajstić information content (AvgIpc) is 3.01. The summed E-state index contributed by atoms with van der Waals surface area (Å²) in [6.07, 6.45) is 3.62. The van der Waals surface area contributed by atoms with E-state index in [-0.39, 0.29) is 5.91 Å². The number of nitrogens with zero attached hydrogens (tertiary/aromatic N) is 1. The van der Waals surface area contributed by atoms with Crippen molar-refractivity contribution in [2.24, 2.45) is 0 Å². The molecule has 4 heteroatoms. The van der Waals surface area contributed by atoms with Gasteiger partial charge in [0.25, 0.3) is 5.91 Å². The molecule has 0 unspecified atom stereocenters. The smallest absolute Gasteiger partial charge is 0.294 e. The van der Waals surface area contributed by atoms with Crippen molar-refractivity contribution < 1.29 is 13.9 Å². The fourth-order valence-electron chi connectivity index (χ4n) is 3.15. The Kier molecular flexibility index (Phi) is 3.76. The predicted molar refractivity (Wildman–Crippen MR) is 90.9 cm³/mol. The van der Waals surface area contributed by atoms with Crippen LogP contribution in [0.4, 0.5) is 5.69 Å². The first kappa shape index (κ1) is 15.4. The van der Waals surface area contributed by atoms with Gasteiger partial charge in [-0.2, -0.15) is 0 Å².